The molecular formula is C9H17N3S3. The second-order valence-electron chi connectivity index (χ2n) is 3.19. The summed E-state index contributed by atoms with van der Waals surface area (Å²) >= 11 is 4.99. The Kier molecular flexibility index (Phi) is 5.63. The minimum Gasteiger partial charge on any atom is -0.382 e. The Morgan fingerprint density at radius 1 is 1.53 bits per heavy atom. The Bertz CT molecular complexity index is 301. The minimum atomic E-state index is 0.646. The van der Waals surface area contributed by atoms with Gasteiger partial charge < -0.3 is 11.1 Å². The SMILES string of the molecule is CSc1c(N)nsc1NCCC(C)SC. The molecule has 1 atom stereocenters. The quantitative estimate of drug-likeness (QED) is 0.773. The van der Waals surface area contributed by atoms with Gasteiger partial charge in [0.2, 0.25) is 0 Å². The van der Waals surface area contributed by atoms with Crippen LogP contribution in [0.15, 0.2) is 4.90 Å². The summed E-state index contributed by atoms with van der Waals surface area (Å²) in [7, 11) is 0. The van der Waals surface area contributed by atoms with Gasteiger partial charge in [-0.05, 0) is 30.5 Å². The maximum atomic E-state index is 5.74. The van der Waals surface area contributed by atoms with Crippen LogP contribution in [0.1, 0.15) is 13.3 Å². The molecule has 1 heterocycles. The molecule has 0 saturated carbocycles. The summed E-state index contributed by atoms with van der Waals surface area (Å²) in [6.07, 6.45) is 5.32. The van der Waals surface area contributed by atoms with Crippen molar-refractivity contribution in [3.63, 3.8) is 0 Å². The van der Waals surface area contributed by atoms with E-state index in [0.717, 1.165) is 22.9 Å². The van der Waals surface area contributed by atoms with Crippen LogP contribution in [0, 0.1) is 0 Å². The highest BCUT2D eigenvalue weighted by Crippen LogP contribution is 2.34. The molecule has 0 spiro atoms. The van der Waals surface area contributed by atoms with E-state index in [4.69, 9.17) is 5.73 Å². The maximum absolute atomic E-state index is 5.74. The Hall–Kier alpha value is -0.0700. The molecule has 0 amide bonds. The van der Waals surface area contributed by atoms with Crippen LogP contribution in [0.5, 0.6) is 0 Å². The van der Waals surface area contributed by atoms with E-state index < -0.39 is 0 Å². The standard InChI is InChI=1S/C9H17N3S3/c1-6(13-2)4-5-11-9-7(14-3)8(10)12-15-9/h6,11H,4-5H2,1-3H3,(H2,10,12). The normalized spacial score (nSPS) is 12.7. The zero-order valence-corrected chi connectivity index (χ0v) is 11.7. The van der Waals surface area contributed by atoms with Crippen LogP contribution in [0.25, 0.3) is 0 Å². The third-order valence-corrected chi connectivity index (χ3v) is 4.93. The fourth-order valence-electron chi connectivity index (χ4n) is 1.11. The number of rotatable bonds is 6. The number of thioether (sulfide) groups is 2. The number of anilines is 2. The van der Waals surface area contributed by atoms with E-state index in [1.54, 1.807) is 11.8 Å². The fraction of sp³-hybridized carbons (Fsp3) is 0.667. The lowest BCUT2D eigenvalue weighted by molar-refractivity contribution is 0.854. The van der Waals surface area contributed by atoms with Crippen molar-refractivity contribution in [2.75, 3.05) is 30.1 Å². The van der Waals surface area contributed by atoms with Gasteiger partial charge in [-0.25, -0.2) is 0 Å². The molecular weight excluding hydrogens is 246 g/mol. The predicted octanol–water partition coefficient (Wildman–Crippen LogP) is 3.00. The zero-order chi connectivity index (χ0) is 11.3. The summed E-state index contributed by atoms with van der Waals surface area (Å²) in [5, 5.41) is 5.19. The summed E-state index contributed by atoms with van der Waals surface area (Å²) < 4.78 is 4.14. The van der Waals surface area contributed by atoms with Gasteiger partial charge in [0.1, 0.15) is 5.00 Å². The molecule has 1 aromatic rings. The minimum absolute atomic E-state index is 0.646. The van der Waals surface area contributed by atoms with E-state index in [1.165, 1.54) is 11.5 Å². The van der Waals surface area contributed by atoms with Crippen molar-refractivity contribution in [2.24, 2.45) is 0 Å². The van der Waals surface area contributed by atoms with Crippen LogP contribution in [0.2, 0.25) is 0 Å². The molecule has 0 aromatic carbocycles. The number of hydrogen-bond donors (Lipinski definition) is 2. The first-order valence-corrected chi connectivity index (χ1v) is 8.03. The molecule has 0 bridgehead atoms. The molecule has 3 nitrogen and oxygen atoms in total. The first kappa shape index (κ1) is 13.0. The van der Waals surface area contributed by atoms with Crippen molar-refractivity contribution in [2.45, 2.75) is 23.5 Å². The Balaban J connectivity index is 2.43. The summed E-state index contributed by atoms with van der Waals surface area (Å²) in [6, 6.07) is 0. The highest BCUT2D eigenvalue weighted by molar-refractivity contribution is 7.99. The van der Waals surface area contributed by atoms with Crippen molar-refractivity contribution in [1.82, 2.24) is 4.37 Å². The molecule has 0 fully saturated rings. The van der Waals surface area contributed by atoms with Gasteiger partial charge in [-0.2, -0.15) is 16.1 Å². The summed E-state index contributed by atoms with van der Waals surface area (Å²) in [6.45, 7) is 3.22. The predicted molar refractivity (Wildman–Crippen MR) is 74.4 cm³/mol. The second-order valence-corrected chi connectivity index (χ2v) is 6.06. The van der Waals surface area contributed by atoms with Crippen molar-refractivity contribution >= 4 is 45.9 Å². The van der Waals surface area contributed by atoms with Crippen molar-refractivity contribution in [1.29, 1.82) is 0 Å². The number of aromatic nitrogens is 1. The molecule has 0 aliphatic heterocycles. The van der Waals surface area contributed by atoms with Crippen molar-refractivity contribution in [3.05, 3.63) is 0 Å². The van der Waals surface area contributed by atoms with Crippen LogP contribution in [-0.4, -0.2) is 28.7 Å². The Labute approximate surface area is 104 Å². The number of hydrogen-bond acceptors (Lipinski definition) is 6. The van der Waals surface area contributed by atoms with E-state index in [9.17, 15) is 0 Å². The van der Waals surface area contributed by atoms with Gasteiger partial charge in [-0.1, -0.05) is 6.92 Å². The Morgan fingerprint density at radius 2 is 2.27 bits per heavy atom. The van der Waals surface area contributed by atoms with Gasteiger partial charge in [-0.3, -0.25) is 0 Å². The van der Waals surface area contributed by atoms with Gasteiger partial charge in [0.25, 0.3) is 0 Å². The van der Waals surface area contributed by atoms with Crippen LogP contribution in [0.4, 0.5) is 10.8 Å². The van der Waals surface area contributed by atoms with Gasteiger partial charge in [0.05, 0.1) is 4.90 Å². The summed E-state index contributed by atoms with van der Waals surface area (Å²) in [4.78, 5) is 1.08. The van der Waals surface area contributed by atoms with Crippen molar-refractivity contribution < 1.29 is 0 Å². The highest BCUT2D eigenvalue weighted by atomic mass is 32.2. The maximum Gasteiger partial charge on any atom is 0.153 e. The summed E-state index contributed by atoms with van der Waals surface area (Å²) in [5.41, 5.74) is 5.74. The first-order valence-electron chi connectivity index (χ1n) is 4.74. The molecule has 1 rings (SSSR count). The van der Waals surface area contributed by atoms with Crippen LogP contribution < -0.4 is 11.1 Å². The van der Waals surface area contributed by atoms with E-state index in [1.807, 2.05) is 18.0 Å². The van der Waals surface area contributed by atoms with E-state index in [0.29, 0.717) is 11.1 Å². The molecule has 1 unspecified atom stereocenters. The molecule has 0 aliphatic carbocycles. The zero-order valence-electron chi connectivity index (χ0n) is 9.24. The van der Waals surface area contributed by atoms with Gasteiger partial charge >= 0.3 is 0 Å². The molecule has 0 radical (unpaired) electrons. The molecule has 0 saturated heterocycles. The van der Waals surface area contributed by atoms with E-state index in [2.05, 4.69) is 22.9 Å². The molecule has 6 heteroatoms. The molecule has 0 aliphatic rings. The lowest BCUT2D eigenvalue weighted by atomic mass is 10.3. The average molecular weight is 263 g/mol. The van der Waals surface area contributed by atoms with Crippen LogP contribution in [-0.2, 0) is 0 Å². The first-order chi connectivity index (χ1) is 7.19. The monoisotopic (exact) mass is 263 g/mol. The van der Waals surface area contributed by atoms with Gasteiger partial charge in [0, 0.05) is 11.8 Å². The molecule has 86 valence electrons. The van der Waals surface area contributed by atoms with E-state index in [-0.39, 0.29) is 0 Å². The fourth-order valence-corrected chi connectivity index (χ4v) is 3.03. The number of nitrogens with two attached hydrogens (primary N) is 1. The molecule has 15 heavy (non-hydrogen) atoms. The Morgan fingerprint density at radius 3 is 2.87 bits per heavy atom. The topological polar surface area (TPSA) is 50.9 Å². The van der Waals surface area contributed by atoms with Crippen LogP contribution in [0.3, 0.4) is 0 Å². The third-order valence-electron chi connectivity index (χ3n) is 2.12. The lowest BCUT2D eigenvalue weighted by Crippen LogP contribution is -2.07. The third kappa shape index (κ3) is 3.77. The van der Waals surface area contributed by atoms with Crippen molar-refractivity contribution in [3.8, 4) is 0 Å². The highest BCUT2D eigenvalue weighted by Gasteiger charge is 2.09. The second kappa shape index (κ2) is 6.50. The molecule has 1 aromatic heterocycles. The van der Waals surface area contributed by atoms with Gasteiger partial charge in [0.15, 0.2) is 5.82 Å². The number of nitrogen functional groups attached to an aromatic ring is 1. The van der Waals surface area contributed by atoms with Crippen LogP contribution >= 0.6 is 35.1 Å². The van der Waals surface area contributed by atoms with E-state index >= 15 is 0 Å². The number of nitrogens with zero attached hydrogens (tertiary/aromatic N) is 1. The number of nitrogens with one attached hydrogen (secondary N) is 1. The summed E-state index contributed by atoms with van der Waals surface area (Å²) in [5.74, 6) is 0.646. The largest absolute Gasteiger partial charge is 0.382 e. The molecule has 3 N–H and O–H groups in total. The van der Waals surface area contributed by atoms with Gasteiger partial charge in [-0.15, -0.1) is 11.8 Å². The average Bonchev–Trinajstić information content (AvgIpc) is 2.59. The smallest absolute Gasteiger partial charge is 0.153 e. The lowest BCUT2D eigenvalue weighted by Gasteiger charge is -2.09.